The summed E-state index contributed by atoms with van der Waals surface area (Å²) >= 11 is 0. The molecule has 1 aliphatic carbocycles. The number of carbonyl (C=O) groups is 1. The van der Waals surface area contributed by atoms with Crippen LogP contribution in [-0.2, 0) is 17.6 Å². The first-order chi connectivity index (χ1) is 14.7. The second-order valence-electron chi connectivity index (χ2n) is 7.76. The second kappa shape index (κ2) is 9.20. The molecule has 0 saturated carbocycles. The molecule has 0 spiro atoms. The summed E-state index contributed by atoms with van der Waals surface area (Å²) in [6.07, 6.45) is 8.77. The summed E-state index contributed by atoms with van der Waals surface area (Å²) in [6.45, 7) is 3.84. The van der Waals surface area contributed by atoms with E-state index in [1.54, 1.807) is 6.07 Å². The van der Waals surface area contributed by atoms with Gasteiger partial charge in [0, 0.05) is 37.2 Å². The number of pyridine rings is 1. The van der Waals surface area contributed by atoms with Crippen LogP contribution in [0.2, 0.25) is 0 Å². The van der Waals surface area contributed by atoms with E-state index in [9.17, 15) is 4.79 Å². The number of ether oxygens (including phenoxy) is 2. The lowest BCUT2D eigenvalue weighted by atomic mass is 9.97. The van der Waals surface area contributed by atoms with Crippen LogP contribution < -0.4 is 10.1 Å². The molecule has 0 unspecified atom stereocenters. The molecule has 0 atom stereocenters. The molecule has 1 amide bonds. The predicted molar refractivity (Wildman–Crippen MR) is 118 cm³/mol. The number of halogens is 1. The largest absolute Gasteiger partial charge is 0.476 e. The van der Waals surface area contributed by atoms with Crippen molar-refractivity contribution in [1.82, 2.24) is 19.4 Å². The highest BCUT2D eigenvalue weighted by atomic mass is 35.5. The summed E-state index contributed by atoms with van der Waals surface area (Å²) in [4.78, 5) is 26.6. The molecule has 1 fully saturated rings. The molecule has 0 radical (unpaired) electrons. The molecule has 1 saturated heterocycles. The minimum atomic E-state index is -0.267. The van der Waals surface area contributed by atoms with E-state index in [2.05, 4.69) is 20.3 Å². The molecule has 5 rings (SSSR count). The molecule has 1 N–H and O–H groups in total. The maximum absolute atomic E-state index is 12.9. The van der Waals surface area contributed by atoms with E-state index in [-0.39, 0.29) is 18.3 Å². The number of fused-ring (bicyclic) bond motifs is 2. The number of aryl methyl sites for hydroxylation is 2. The van der Waals surface area contributed by atoms with Gasteiger partial charge < -0.3 is 14.8 Å². The Kier molecular flexibility index (Phi) is 6.38. The fourth-order valence-electron chi connectivity index (χ4n) is 4.18. The zero-order valence-electron chi connectivity index (χ0n) is 17.5. The molecule has 1 aliphatic heterocycles. The molecule has 0 bridgehead atoms. The first-order valence-electron chi connectivity index (χ1n) is 10.6. The fraction of sp³-hybridized carbons (Fsp3) is 0.455. The van der Waals surface area contributed by atoms with Crippen LogP contribution in [0.15, 0.2) is 24.5 Å². The number of anilines is 1. The van der Waals surface area contributed by atoms with Crippen LogP contribution in [0.25, 0.3) is 5.78 Å². The topological polar surface area (TPSA) is 90.6 Å². The smallest absolute Gasteiger partial charge is 0.274 e. The van der Waals surface area contributed by atoms with Crippen LogP contribution in [0.5, 0.6) is 5.88 Å². The van der Waals surface area contributed by atoms with Crippen LogP contribution in [0, 0.1) is 0 Å². The molecule has 164 valence electrons. The van der Waals surface area contributed by atoms with Gasteiger partial charge in [0.2, 0.25) is 11.7 Å². The maximum atomic E-state index is 12.9. The molecular weight excluding hydrogens is 418 g/mol. The van der Waals surface area contributed by atoms with Gasteiger partial charge >= 0.3 is 0 Å². The third kappa shape index (κ3) is 4.36. The van der Waals surface area contributed by atoms with Crippen molar-refractivity contribution in [2.24, 2.45) is 0 Å². The van der Waals surface area contributed by atoms with E-state index < -0.39 is 0 Å². The van der Waals surface area contributed by atoms with Gasteiger partial charge in [0.1, 0.15) is 11.4 Å². The van der Waals surface area contributed by atoms with Crippen molar-refractivity contribution in [2.75, 3.05) is 25.1 Å². The van der Waals surface area contributed by atoms with Crippen LogP contribution in [0.3, 0.4) is 0 Å². The quantitative estimate of drug-likeness (QED) is 0.648. The van der Waals surface area contributed by atoms with Crippen LogP contribution >= 0.6 is 12.4 Å². The third-order valence-electron chi connectivity index (χ3n) is 5.76. The Balaban J connectivity index is 0.00000231. The number of imidazole rings is 1. The highest BCUT2D eigenvalue weighted by Crippen LogP contribution is 2.29. The Hall–Kier alpha value is -2.71. The summed E-state index contributed by atoms with van der Waals surface area (Å²) in [7, 11) is 0. The summed E-state index contributed by atoms with van der Waals surface area (Å²) in [5, 5.41) is 2.93. The van der Waals surface area contributed by atoms with E-state index in [1.165, 1.54) is 5.56 Å². The molecular formula is C22H26ClN5O3. The number of aromatic nitrogens is 4. The average molecular weight is 444 g/mol. The Morgan fingerprint density at radius 3 is 2.84 bits per heavy atom. The lowest BCUT2D eigenvalue weighted by molar-refractivity contribution is 0.0846. The Bertz CT molecular complexity index is 1090. The van der Waals surface area contributed by atoms with Gasteiger partial charge in [-0.15, -0.1) is 12.4 Å². The first kappa shape index (κ1) is 21.5. The third-order valence-corrected chi connectivity index (χ3v) is 5.76. The van der Waals surface area contributed by atoms with E-state index in [4.69, 9.17) is 9.47 Å². The van der Waals surface area contributed by atoms with Crippen molar-refractivity contribution < 1.29 is 14.3 Å². The lowest BCUT2D eigenvalue weighted by Crippen LogP contribution is -2.16. The van der Waals surface area contributed by atoms with Crippen molar-refractivity contribution in [2.45, 2.75) is 44.9 Å². The van der Waals surface area contributed by atoms with Gasteiger partial charge in [-0.1, -0.05) is 6.07 Å². The van der Waals surface area contributed by atoms with E-state index in [0.717, 1.165) is 56.7 Å². The molecule has 8 nitrogen and oxygen atoms in total. The van der Waals surface area contributed by atoms with Gasteiger partial charge in [0.25, 0.3) is 5.91 Å². The van der Waals surface area contributed by atoms with Gasteiger partial charge in [-0.25, -0.2) is 9.97 Å². The highest BCUT2D eigenvalue weighted by molar-refractivity contribution is 6.03. The second-order valence-corrected chi connectivity index (χ2v) is 7.76. The highest BCUT2D eigenvalue weighted by Gasteiger charge is 2.21. The van der Waals surface area contributed by atoms with Crippen molar-refractivity contribution in [3.8, 4) is 5.88 Å². The van der Waals surface area contributed by atoms with Crippen molar-refractivity contribution in [3.05, 3.63) is 47.2 Å². The summed E-state index contributed by atoms with van der Waals surface area (Å²) in [5.74, 6) is 1.03. The zero-order valence-corrected chi connectivity index (χ0v) is 18.3. The number of nitrogens with one attached hydrogen (secondary N) is 1. The van der Waals surface area contributed by atoms with Crippen LogP contribution in [-0.4, -0.2) is 45.1 Å². The average Bonchev–Trinajstić information content (AvgIpc) is 3.40. The molecule has 9 heteroatoms. The van der Waals surface area contributed by atoms with Crippen molar-refractivity contribution in [1.29, 1.82) is 0 Å². The van der Waals surface area contributed by atoms with E-state index >= 15 is 0 Å². The first-order valence-corrected chi connectivity index (χ1v) is 10.6. The van der Waals surface area contributed by atoms with Crippen molar-refractivity contribution in [3.63, 3.8) is 0 Å². The van der Waals surface area contributed by atoms with Gasteiger partial charge in [-0.3, -0.25) is 9.20 Å². The Labute approximate surface area is 186 Å². The van der Waals surface area contributed by atoms with Gasteiger partial charge in [-0.05, 0) is 50.7 Å². The minimum absolute atomic E-state index is 0. The summed E-state index contributed by atoms with van der Waals surface area (Å²) < 4.78 is 13.0. The van der Waals surface area contributed by atoms with Gasteiger partial charge in [0.05, 0.1) is 12.3 Å². The van der Waals surface area contributed by atoms with Gasteiger partial charge in [0.15, 0.2) is 0 Å². The van der Waals surface area contributed by atoms with Gasteiger partial charge in [-0.2, -0.15) is 4.98 Å². The number of hydrogen-bond acceptors (Lipinski definition) is 6. The number of carbonyl (C=O) groups excluding carboxylic acids is 1. The standard InChI is InChI=1S/C22H25N5O3.ClH/c1-2-30-21-19(24-20(28)17-7-6-14-4-3-5-16(14)23-17)13-27-12-18(25-22(27)26-21)15-8-10-29-11-9-15;/h6-7,12-13,15H,2-5,8-11H2,1H3,(H,24,28);1H. The monoisotopic (exact) mass is 443 g/mol. The Morgan fingerprint density at radius 2 is 2.03 bits per heavy atom. The Morgan fingerprint density at radius 1 is 1.19 bits per heavy atom. The fourth-order valence-corrected chi connectivity index (χ4v) is 4.18. The van der Waals surface area contributed by atoms with Crippen molar-refractivity contribution >= 4 is 29.8 Å². The summed E-state index contributed by atoms with van der Waals surface area (Å²) in [6, 6.07) is 3.79. The van der Waals surface area contributed by atoms with Crippen LogP contribution in [0.4, 0.5) is 5.69 Å². The minimum Gasteiger partial charge on any atom is -0.476 e. The van der Waals surface area contributed by atoms with E-state index in [1.807, 2.05) is 29.8 Å². The molecule has 2 aliphatic rings. The maximum Gasteiger partial charge on any atom is 0.274 e. The molecule has 3 aromatic rings. The number of amides is 1. The molecule has 3 aromatic heterocycles. The molecule has 31 heavy (non-hydrogen) atoms. The predicted octanol–water partition coefficient (Wildman–Crippen LogP) is 3.58. The zero-order chi connectivity index (χ0) is 20.5. The normalized spacial score (nSPS) is 16.0. The molecule has 0 aromatic carbocycles. The summed E-state index contributed by atoms with van der Waals surface area (Å²) in [5.41, 5.74) is 4.18. The SMILES string of the molecule is CCOc1nc2nc(C3CCOCC3)cn2cc1NC(=O)c1ccc2c(n1)CCC2.Cl. The van der Waals surface area contributed by atoms with Crippen LogP contribution in [0.1, 0.15) is 59.5 Å². The number of nitrogens with zero attached hydrogens (tertiary/aromatic N) is 4. The lowest BCUT2D eigenvalue weighted by Gasteiger charge is -2.19. The number of rotatable bonds is 5. The van der Waals surface area contributed by atoms with E-state index in [0.29, 0.717) is 35.6 Å². The number of hydrogen-bond donors (Lipinski definition) is 1. The molecule has 4 heterocycles.